The number of rotatable bonds is 12. The van der Waals surface area contributed by atoms with Crippen LogP contribution in [0, 0.1) is 0 Å². The molecule has 0 bridgehead atoms. The molecule has 0 fully saturated rings. The number of carbonyl (C=O) groups excluding carboxylic acids is 2. The van der Waals surface area contributed by atoms with Crippen molar-refractivity contribution in [1.82, 2.24) is 10.6 Å². The fraction of sp³-hybridized carbons (Fsp3) is 0.423. The summed E-state index contributed by atoms with van der Waals surface area (Å²) >= 11 is 0. The number of unbranched alkanes of at least 4 members (excludes halogenated alkanes) is 1. The molecule has 182 valence electrons. The van der Waals surface area contributed by atoms with Crippen molar-refractivity contribution in [2.45, 2.75) is 57.1 Å². The van der Waals surface area contributed by atoms with Crippen molar-refractivity contribution >= 4 is 18.0 Å². The van der Waals surface area contributed by atoms with E-state index in [4.69, 9.17) is 9.84 Å². The van der Waals surface area contributed by atoms with Crippen molar-refractivity contribution in [3.8, 4) is 11.1 Å². The molecular weight excluding hydrogens is 436 g/mol. The average molecular weight is 469 g/mol. The van der Waals surface area contributed by atoms with Gasteiger partial charge in [-0.1, -0.05) is 68.3 Å². The van der Waals surface area contributed by atoms with E-state index in [1.165, 1.54) is 0 Å². The van der Waals surface area contributed by atoms with Gasteiger partial charge in [-0.25, -0.2) is 4.79 Å². The van der Waals surface area contributed by atoms with Crippen LogP contribution >= 0.6 is 0 Å². The first-order chi connectivity index (χ1) is 16.4. The first-order valence-electron chi connectivity index (χ1n) is 11.7. The van der Waals surface area contributed by atoms with Gasteiger partial charge in [0.2, 0.25) is 5.91 Å². The van der Waals surface area contributed by atoms with Gasteiger partial charge < -0.3 is 25.6 Å². The molecule has 1 aliphatic rings. The molecule has 0 radical (unpaired) electrons. The fourth-order valence-corrected chi connectivity index (χ4v) is 4.31. The molecule has 0 saturated heterocycles. The molecule has 0 aromatic heterocycles. The summed E-state index contributed by atoms with van der Waals surface area (Å²) in [5.74, 6) is -1.51. The molecule has 1 unspecified atom stereocenters. The summed E-state index contributed by atoms with van der Waals surface area (Å²) in [6.45, 7) is 1.99. The number of aliphatic hydroxyl groups excluding tert-OH is 1. The highest BCUT2D eigenvalue weighted by atomic mass is 16.5. The molecule has 2 aromatic carbocycles. The van der Waals surface area contributed by atoms with Crippen LogP contribution in [-0.4, -0.2) is 53.5 Å². The Morgan fingerprint density at radius 2 is 1.62 bits per heavy atom. The lowest BCUT2D eigenvalue weighted by Gasteiger charge is -2.18. The maximum Gasteiger partial charge on any atom is 0.407 e. The van der Waals surface area contributed by atoms with E-state index in [1.807, 2.05) is 43.3 Å². The molecule has 8 heteroatoms. The van der Waals surface area contributed by atoms with Gasteiger partial charge in [0.25, 0.3) is 0 Å². The highest BCUT2D eigenvalue weighted by Gasteiger charge is 2.29. The van der Waals surface area contributed by atoms with Gasteiger partial charge in [0.1, 0.15) is 6.61 Å². The molecule has 0 aliphatic heterocycles. The highest BCUT2D eigenvalue weighted by Crippen LogP contribution is 2.44. The van der Waals surface area contributed by atoms with Gasteiger partial charge in [0, 0.05) is 18.5 Å². The largest absolute Gasteiger partial charge is 0.481 e. The maximum absolute atomic E-state index is 12.2. The molecule has 2 amide bonds. The van der Waals surface area contributed by atoms with E-state index in [-0.39, 0.29) is 31.9 Å². The zero-order chi connectivity index (χ0) is 24.5. The number of aliphatic hydroxyl groups is 1. The zero-order valence-corrected chi connectivity index (χ0v) is 19.3. The van der Waals surface area contributed by atoms with Crippen LogP contribution in [0.5, 0.6) is 0 Å². The summed E-state index contributed by atoms with van der Waals surface area (Å²) in [5, 5.41) is 24.3. The lowest BCUT2D eigenvalue weighted by molar-refractivity contribution is -0.137. The Morgan fingerprint density at radius 3 is 2.21 bits per heavy atom. The highest BCUT2D eigenvalue weighted by molar-refractivity contribution is 5.79. The Labute approximate surface area is 199 Å². The molecule has 8 nitrogen and oxygen atoms in total. The zero-order valence-electron chi connectivity index (χ0n) is 19.3. The summed E-state index contributed by atoms with van der Waals surface area (Å²) in [6.07, 6.45) is 0.0436. The third kappa shape index (κ3) is 6.81. The average Bonchev–Trinajstić information content (AvgIpc) is 3.13. The second kappa shape index (κ2) is 12.2. The molecular formula is C26H32N2O6. The fourth-order valence-electron chi connectivity index (χ4n) is 4.31. The number of aliphatic carboxylic acids is 1. The molecule has 2 aromatic rings. The van der Waals surface area contributed by atoms with Crippen molar-refractivity contribution in [2.75, 3.05) is 13.2 Å². The molecule has 3 rings (SSSR count). The minimum absolute atomic E-state index is 0.0665. The Kier molecular flexibility index (Phi) is 9.04. The normalized spacial score (nSPS) is 13.9. The smallest absolute Gasteiger partial charge is 0.407 e. The summed E-state index contributed by atoms with van der Waals surface area (Å²) in [6, 6.07) is 15.6. The molecule has 0 heterocycles. The van der Waals surface area contributed by atoms with E-state index in [9.17, 15) is 19.5 Å². The van der Waals surface area contributed by atoms with E-state index >= 15 is 0 Å². The SMILES string of the molecule is CCCC[C@@H](CC(=O)O)NC(=O)CC(O)CNC(=O)OCC1c2ccccc2-c2ccccc21. The topological polar surface area (TPSA) is 125 Å². The minimum Gasteiger partial charge on any atom is -0.481 e. The molecule has 34 heavy (non-hydrogen) atoms. The van der Waals surface area contributed by atoms with Gasteiger partial charge in [0.05, 0.1) is 18.9 Å². The Morgan fingerprint density at radius 1 is 1.00 bits per heavy atom. The lowest BCUT2D eigenvalue weighted by atomic mass is 9.98. The van der Waals surface area contributed by atoms with E-state index < -0.39 is 30.1 Å². The van der Waals surface area contributed by atoms with Crippen LogP contribution in [0.4, 0.5) is 4.79 Å². The summed E-state index contributed by atoms with van der Waals surface area (Å²) in [7, 11) is 0. The minimum atomic E-state index is -1.11. The number of amides is 2. The molecule has 1 aliphatic carbocycles. The quantitative estimate of drug-likeness (QED) is 0.378. The molecule has 0 spiro atoms. The predicted octanol–water partition coefficient (Wildman–Crippen LogP) is 3.43. The number of ether oxygens (including phenoxy) is 1. The number of fused-ring (bicyclic) bond motifs is 3. The van der Waals surface area contributed by atoms with Crippen molar-refractivity contribution < 1.29 is 29.3 Å². The number of hydrogen-bond donors (Lipinski definition) is 4. The number of alkyl carbamates (subject to hydrolysis) is 1. The number of benzene rings is 2. The molecule has 0 saturated carbocycles. The van der Waals surface area contributed by atoms with Gasteiger partial charge in [-0.2, -0.15) is 0 Å². The van der Waals surface area contributed by atoms with Crippen LogP contribution in [0.3, 0.4) is 0 Å². The molecule has 2 atom stereocenters. The second-order valence-electron chi connectivity index (χ2n) is 8.57. The van der Waals surface area contributed by atoms with Crippen LogP contribution in [0.25, 0.3) is 11.1 Å². The van der Waals surface area contributed by atoms with Gasteiger partial charge in [-0.15, -0.1) is 0 Å². The van der Waals surface area contributed by atoms with Gasteiger partial charge in [-0.05, 0) is 28.7 Å². The standard InChI is InChI=1S/C26H32N2O6/c1-2-3-8-17(13-25(31)32)28-24(30)14-18(29)15-27-26(33)34-16-23-21-11-6-4-9-19(21)20-10-5-7-12-22(20)23/h4-7,9-12,17-18,23,29H,2-3,8,13-16H2,1H3,(H,27,33)(H,28,30)(H,31,32)/t17-,18?/m0/s1. The summed E-state index contributed by atoms with van der Waals surface area (Å²) in [4.78, 5) is 35.4. The van der Waals surface area contributed by atoms with Gasteiger partial charge in [0.15, 0.2) is 0 Å². The predicted molar refractivity (Wildman–Crippen MR) is 127 cm³/mol. The maximum atomic E-state index is 12.2. The summed E-state index contributed by atoms with van der Waals surface area (Å²) < 4.78 is 5.42. The Balaban J connectivity index is 1.44. The van der Waals surface area contributed by atoms with E-state index in [2.05, 4.69) is 22.8 Å². The van der Waals surface area contributed by atoms with Crippen molar-refractivity contribution in [1.29, 1.82) is 0 Å². The van der Waals surface area contributed by atoms with Crippen molar-refractivity contribution in [3.63, 3.8) is 0 Å². The van der Waals surface area contributed by atoms with E-state index in [0.29, 0.717) is 6.42 Å². The van der Waals surface area contributed by atoms with Gasteiger partial charge in [-0.3, -0.25) is 9.59 Å². The Bertz CT molecular complexity index is 963. The first-order valence-corrected chi connectivity index (χ1v) is 11.7. The lowest BCUT2D eigenvalue weighted by Crippen LogP contribution is -2.40. The molecule has 4 N–H and O–H groups in total. The monoisotopic (exact) mass is 468 g/mol. The number of carbonyl (C=O) groups is 3. The van der Waals surface area contributed by atoms with Gasteiger partial charge >= 0.3 is 12.1 Å². The number of hydrogen-bond acceptors (Lipinski definition) is 5. The number of carboxylic acid groups (broad SMARTS) is 1. The van der Waals surface area contributed by atoms with Crippen LogP contribution in [-0.2, 0) is 14.3 Å². The van der Waals surface area contributed by atoms with E-state index in [1.54, 1.807) is 0 Å². The third-order valence-electron chi connectivity index (χ3n) is 5.94. The third-order valence-corrected chi connectivity index (χ3v) is 5.94. The number of carboxylic acids is 1. The summed E-state index contributed by atoms with van der Waals surface area (Å²) in [5.41, 5.74) is 4.47. The second-order valence-corrected chi connectivity index (χ2v) is 8.57. The van der Waals surface area contributed by atoms with Crippen LogP contribution in [0.2, 0.25) is 0 Å². The van der Waals surface area contributed by atoms with E-state index in [0.717, 1.165) is 35.1 Å². The number of nitrogens with one attached hydrogen (secondary N) is 2. The Hall–Kier alpha value is -3.39. The van der Waals surface area contributed by atoms with Crippen LogP contribution in [0.1, 0.15) is 56.1 Å². The van der Waals surface area contributed by atoms with Crippen molar-refractivity contribution in [2.24, 2.45) is 0 Å². The van der Waals surface area contributed by atoms with Crippen molar-refractivity contribution in [3.05, 3.63) is 59.7 Å². The van der Waals surface area contributed by atoms with Crippen LogP contribution in [0.15, 0.2) is 48.5 Å². The van der Waals surface area contributed by atoms with Crippen LogP contribution < -0.4 is 10.6 Å². The first kappa shape index (κ1) is 25.2.